The number of hydrogen-bond donors (Lipinski definition) is 0. The molecule has 146 valence electrons. The average molecular weight is 381 g/mol. The first-order valence-electron chi connectivity index (χ1n) is 9.32. The zero-order chi connectivity index (χ0) is 20.0. The van der Waals surface area contributed by atoms with Gasteiger partial charge in [-0.1, -0.05) is 29.8 Å². The van der Waals surface area contributed by atoms with Crippen LogP contribution in [0.4, 0.5) is 0 Å². The lowest BCUT2D eigenvalue weighted by molar-refractivity contribution is -0.133. The smallest absolute Gasteiger partial charge is 0.332 e. The third-order valence-electron chi connectivity index (χ3n) is 5.28. The molecule has 4 rings (SSSR count). The Morgan fingerprint density at radius 1 is 1.18 bits per heavy atom. The lowest BCUT2D eigenvalue weighted by Crippen LogP contribution is -2.45. The summed E-state index contributed by atoms with van der Waals surface area (Å²) in [7, 11) is 3.25. The molecule has 3 aromatic rings. The summed E-state index contributed by atoms with van der Waals surface area (Å²) in [5.74, 6) is -0.219. The third-order valence-corrected chi connectivity index (χ3v) is 5.28. The first-order chi connectivity index (χ1) is 13.4. The molecule has 0 atom stereocenters. The second kappa shape index (κ2) is 6.78. The van der Waals surface area contributed by atoms with Crippen molar-refractivity contribution in [3.05, 3.63) is 62.6 Å². The van der Waals surface area contributed by atoms with Crippen LogP contribution in [0.5, 0.6) is 0 Å². The highest BCUT2D eigenvalue weighted by Gasteiger charge is 2.33. The van der Waals surface area contributed by atoms with Crippen molar-refractivity contribution in [1.82, 2.24) is 23.6 Å². The number of rotatable bonds is 5. The lowest BCUT2D eigenvalue weighted by Gasteiger charge is -2.23. The highest BCUT2D eigenvalue weighted by atomic mass is 16.2. The molecule has 0 saturated heterocycles. The van der Waals surface area contributed by atoms with E-state index in [1.54, 1.807) is 23.6 Å². The van der Waals surface area contributed by atoms with Crippen LogP contribution in [0.3, 0.4) is 0 Å². The Morgan fingerprint density at radius 3 is 2.50 bits per heavy atom. The zero-order valence-corrected chi connectivity index (χ0v) is 16.3. The minimum absolute atomic E-state index is 0.175. The number of carbonyl (C=O) groups is 1. The lowest BCUT2D eigenvalue weighted by atomic mass is 10.1. The molecule has 0 N–H and O–H groups in total. The van der Waals surface area contributed by atoms with Crippen LogP contribution < -0.4 is 11.2 Å². The monoisotopic (exact) mass is 381 g/mol. The van der Waals surface area contributed by atoms with Gasteiger partial charge in [0.05, 0.1) is 6.33 Å². The molecule has 1 aliphatic carbocycles. The van der Waals surface area contributed by atoms with E-state index in [0.717, 1.165) is 28.5 Å². The van der Waals surface area contributed by atoms with Crippen LogP contribution >= 0.6 is 0 Å². The van der Waals surface area contributed by atoms with Gasteiger partial charge in [-0.3, -0.25) is 14.2 Å². The molecule has 0 spiro atoms. The molecule has 0 radical (unpaired) electrons. The standard InChI is InChI=1S/C20H23N5O3/c1-13-4-6-14(7-5-13)10-24(15-8-9-15)16(26)11-25-19(27)17-18(21-12-22(17)2)23(3)20(25)28/h4-7,12,15H,8-11H2,1-3H3. The van der Waals surface area contributed by atoms with E-state index in [9.17, 15) is 14.4 Å². The summed E-state index contributed by atoms with van der Waals surface area (Å²) in [6.45, 7) is 2.23. The number of amides is 1. The minimum Gasteiger partial charge on any atom is -0.334 e. The quantitative estimate of drug-likeness (QED) is 0.658. The molecule has 0 aliphatic heterocycles. The highest BCUT2D eigenvalue weighted by molar-refractivity contribution is 5.77. The minimum atomic E-state index is -0.532. The van der Waals surface area contributed by atoms with Gasteiger partial charge in [-0.25, -0.2) is 14.3 Å². The van der Waals surface area contributed by atoms with Crippen molar-refractivity contribution in [2.75, 3.05) is 0 Å². The molecule has 0 unspecified atom stereocenters. The first kappa shape index (κ1) is 18.2. The maximum absolute atomic E-state index is 13.0. The second-order valence-corrected chi connectivity index (χ2v) is 7.50. The van der Waals surface area contributed by atoms with E-state index in [-0.39, 0.29) is 18.5 Å². The van der Waals surface area contributed by atoms with Crippen molar-refractivity contribution in [1.29, 1.82) is 0 Å². The van der Waals surface area contributed by atoms with Crippen molar-refractivity contribution >= 4 is 17.1 Å². The Morgan fingerprint density at radius 2 is 1.86 bits per heavy atom. The molecule has 1 amide bonds. The summed E-state index contributed by atoms with van der Waals surface area (Å²) in [6, 6.07) is 8.22. The van der Waals surface area contributed by atoms with Gasteiger partial charge in [0.1, 0.15) is 6.54 Å². The summed E-state index contributed by atoms with van der Waals surface area (Å²) >= 11 is 0. The largest absolute Gasteiger partial charge is 0.334 e. The molecule has 28 heavy (non-hydrogen) atoms. The number of aromatic nitrogens is 4. The van der Waals surface area contributed by atoms with Crippen LogP contribution in [-0.4, -0.2) is 35.5 Å². The van der Waals surface area contributed by atoms with Gasteiger partial charge in [0, 0.05) is 26.7 Å². The Balaban J connectivity index is 1.66. The topological polar surface area (TPSA) is 82.1 Å². The second-order valence-electron chi connectivity index (χ2n) is 7.50. The number of nitrogens with zero attached hydrogens (tertiary/aromatic N) is 5. The predicted octanol–water partition coefficient (Wildman–Crippen LogP) is 0.933. The number of fused-ring (bicyclic) bond motifs is 1. The summed E-state index contributed by atoms with van der Waals surface area (Å²) in [4.78, 5) is 44.4. The van der Waals surface area contributed by atoms with Crippen molar-refractivity contribution in [3.8, 4) is 0 Å². The van der Waals surface area contributed by atoms with Gasteiger partial charge < -0.3 is 9.47 Å². The first-order valence-corrected chi connectivity index (χ1v) is 9.32. The summed E-state index contributed by atoms with van der Waals surface area (Å²) < 4.78 is 3.89. The molecule has 1 aliphatic rings. The van der Waals surface area contributed by atoms with E-state index < -0.39 is 11.2 Å². The molecule has 1 saturated carbocycles. The Bertz CT molecular complexity index is 1170. The van der Waals surface area contributed by atoms with Gasteiger partial charge in [0.15, 0.2) is 11.2 Å². The molecule has 0 bridgehead atoms. The normalized spacial score (nSPS) is 13.8. The maximum atomic E-state index is 13.0. The summed E-state index contributed by atoms with van der Waals surface area (Å²) in [5, 5.41) is 0. The molecule has 8 nitrogen and oxygen atoms in total. The maximum Gasteiger partial charge on any atom is 0.332 e. The summed E-state index contributed by atoms with van der Waals surface area (Å²) in [5.41, 5.74) is 1.81. The zero-order valence-electron chi connectivity index (χ0n) is 16.3. The van der Waals surface area contributed by atoms with Gasteiger partial charge in [0.2, 0.25) is 5.91 Å². The van der Waals surface area contributed by atoms with Gasteiger partial charge >= 0.3 is 5.69 Å². The van der Waals surface area contributed by atoms with Crippen molar-refractivity contribution in [2.24, 2.45) is 14.1 Å². The number of carbonyl (C=O) groups excluding carboxylic acids is 1. The van der Waals surface area contributed by atoms with Crippen LogP contribution in [0.2, 0.25) is 0 Å². The van der Waals surface area contributed by atoms with Crippen molar-refractivity contribution < 1.29 is 4.79 Å². The van der Waals surface area contributed by atoms with E-state index in [0.29, 0.717) is 17.7 Å². The molecule has 8 heteroatoms. The number of imidazole rings is 1. The predicted molar refractivity (Wildman–Crippen MR) is 105 cm³/mol. The number of benzene rings is 1. The third kappa shape index (κ3) is 3.15. The van der Waals surface area contributed by atoms with Crippen LogP contribution in [0.1, 0.15) is 24.0 Å². The fourth-order valence-electron chi connectivity index (χ4n) is 3.46. The van der Waals surface area contributed by atoms with E-state index in [1.165, 1.54) is 10.9 Å². The fraction of sp³-hybridized carbons (Fsp3) is 0.400. The van der Waals surface area contributed by atoms with Crippen LogP contribution in [-0.2, 0) is 32.0 Å². The van der Waals surface area contributed by atoms with Crippen LogP contribution in [0.25, 0.3) is 11.2 Å². The van der Waals surface area contributed by atoms with Crippen LogP contribution in [0, 0.1) is 6.92 Å². The Hall–Kier alpha value is -3.16. The molecular weight excluding hydrogens is 358 g/mol. The van der Waals surface area contributed by atoms with E-state index in [4.69, 9.17) is 0 Å². The van der Waals surface area contributed by atoms with E-state index in [2.05, 4.69) is 4.98 Å². The van der Waals surface area contributed by atoms with Gasteiger partial charge in [-0.15, -0.1) is 0 Å². The van der Waals surface area contributed by atoms with E-state index in [1.807, 2.05) is 31.2 Å². The SMILES string of the molecule is Cc1ccc(CN(C(=O)Cn2c(=O)c3c(ncn3C)n(C)c2=O)C2CC2)cc1. The molecular formula is C20H23N5O3. The average Bonchev–Trinajstić information content (AvgIpc) is 3.44. The van der Waals surface area contributed by atoms with Crippen molar-refractivity contribution in [3.63, 3.8) is 0 Å². The van der Waals surface area contributed by atoms with Gasteiger partial charge in [-0.2, -0.15) is 0 Å². The number of aryl methyl sites for hydroxylation is 3. The molecule has 2 heterocycles. The Labute approximate surface area is 161 Å². The van der Waals surface area contributed by atoms with Gasteiger partial charge in [-0.05, 0) is 25.3 Å². The fourth-order valence-corrected chi connectivity index (χ4v) is 3.46. The van der Waals surface area contributed by atoms with Crippen molar-refractivity contribution in [2.45, 2.75) is 38.9 Å². The molecule has 1 aromatic carbocycles. The van der Waals surface area contributed by atoms with Crippen LogP contribution in [0.15, 0.2) is 40.2 Å². The highest BCUT2D eigenvalue weighted by Crippen LogP contribution is 2.28. The number of hydrogen-bond acceptors (Lipinski definition) is 4. The van der Waals surface area contributed by atoms with Gasteiger partial charge in [0.25, 0.3) is 5.56 Å². The molecule has 1 fully saturated rings. The molecule has 2 aromatic heterocycles. The summed E-state index contributed by atoms with van der Waals surface area (Å²) in [6.07, 6.45) is 3.39. The van der Waals surface area contributed by atoms with E-state index >= 15 is 0 Å². The Kier molecular flexibility index (Phi) is 4.41.